The number of hydrogen-bond acceptors (Lipinski definition) is 6. The second-order valence-electron chi connectivity index (χ2n) is 8.82. The Morgan fingerprint density at radius 1 is 1.00 bits per heavy atom. The summed E-state index contributed by atoms with van der Waals surface area (Å²) in [6.07, 6.45) is 3.15. The van der Waals surface area contributed by atoms with E-state index < -0.39 is 12.0 Å². The quantitative estimate of drug-likeness (QED) is 0.416. The molecule has 2 amide bonds. The zero-order valence-corrected chi connectivity index (χ0v) is 20.8. The first kappa shape index (κ1) is 24.1. The summed E-state index contributed by atoms with van der Waals surface area (Å²) in [6, 6.07) is 19.8. The second-order valence-corrected chi connectivity index (χ2v) is 8.82. The van der Waals surface area contributed by atoms with Crippen LogP contribution in [0.1, 0.15) is 39.0 Å². The highest BCUT2D eigenvalue weighted by atomic mass is 16.5. The number of anilines is 1. The van der Waals surface area contributed by atoms with Gasteiger partial charge in [-0.2, -0.15) is 5.10 Å². The molecular weight excluding hydrogens is 470 g/mol. The molecule has 0 saturated heterocycles. The van der Waals surface area contributed by atoms with Gasteiger partial charge in [0.25, 0.3) is 5.91 Å². The van der Waals surface area contributed by atoms with Crippen molar-refractivity contribution in [3.8, 4) is 11.5 Å². The standard InChI is InChI=1S/C28H27N5O4/c1-32-26(19-10-13-23(36-2)24(14-19)37-3)25(21-6-4-5-7-22(21)28(32)35)27(34)31-20-11-8-18(9-12-20)15-33-17-29-16-30-33/h4-14,16-17,25-26H,15H2,1-3H3,(H,31,34)/t25-,26-/m1/s1. The van der Waals surface area contributed by atoms with Gasteiger partial charge >= 0.3 is 0 Å². The van der Waals surface area contributed by atoms with E-state index in [0.29, 0.717) is 34.9 Å². The van der Waals surface area contributed by atoms with Gasteiger partial charge in [-0.1, -0.05) is 36.4 Å². The van der Waals surface area contributed by atoms with Crippen molar-refractivity contribution in [2.24, 2.45) is 0 Å². The van der Waals surface area contributed by atoms with Crippen LogP contribution in [0.3, 0.4) is 0 Å². The van der Waals surface area contributed by atoms with E-state index in [1.807, 2.05) is 54.6 Å². The van der Waals surface area contributed by atoms with Gasteiger partial charge in [-0.3, -0.25) is 9.59 Å². The monoisotopic (exact) mass is 497 g/mol. The maximum atomic E-state index is 13.9. The Hall–Kier alpha value is -4.66. The van der Waals surface area contributed by atoms with Crippen molar-refractivity contribution in [1.82, 2.24) is 19.7 Å². The van der Waals surface area contributed by atoms with Gasteiger partial charge in [0.05, 0.1) is 32.7 Å². The summed E-state index contributed by atoms with van der Waals surface area (Å²) in [5.74, 6) is 0.101. The highest BCUT2D eigenvalue weighted by Gasteiger charge is 2.42. The summed E-state index contributed by atoms with van der Waals surface area (Å²) < 4.78 is 12.6. The fourth-order valence-electron chi connectivity index (χ4n) is 4.83. The lowest BCUT2D eigenvalue weighted by atomic mass is 9.79. The van der Waals surface area contributed by atoms with Crippen molar-refractivity contribution >= 4 is 17.5 Å². The van der Waals surface area contributed by atoms with Gasteiger partial charge in [0.1, 0.15) is 12.7 Å². The lowest BCUT2D eigenvalue weighted by Gasteiger charge is -2.40. The molecule has 0 aliphatic carbocycles. The number of amides is 2. The molecule has 0 bridgehead atoms. The van der Waals surface area contributed by atoms with E-state index in [1.165, 1.54) is 6.33 Å². The molecule has 0 unspecified atom stereocenters. The molecule has 1 N–H and O–H groups in total. The molecule has 9 nitrogen and oxygen atoms in total. The van der Waals surface area contributed by atoms with Crippen molar-refractivity contribution in [3.63, 3.8) is 0 Å². The Morgan fingerprint density at radius 3 is 2.46 bits per heavy atom. The number of benzene rings is 3. The molecule has 0 saturated carbocycles. The highest BCUT2D eigenvalue weighted by molar-refractivity contribution is 6.04. The highest BCUT2D eigenvalue weighted by Crippen LogP contribution is 2.44. The van der Waals surface area contributed by atoms with Crippen molar-refractivity contribution < 1.29 is 19.1 Å². The molecule has 37 heavy (non-hydrogen) atoms. The summed E-state index contributed by atoms with van der Waals surface area (Å²) in [7, 11) is 4.85. The molecule has 0 fully saturated rings. The molecule has 2 atom stereocenters. The number of carbonyl (C=O) groups is 2. The smallest absolute Gasteiger partial charge is 0.254 e. The maximum absolute atomic E-state index is 13.9. The molecule has 188 valence electrons. The van der Waals surface area contributed by atoms with Gasteiger partial charge in [0.2, 0.25) is 5.91 Å². The number of rotatable bonds is 7. The summed E-state index contributed by atoms with van der Waals surface area (Å²) >= 11 is 0. The number of carbonyl (C=O) groups excluding carboxylic acids is 2. The number of nitrogens with zero attached hydrogens (tertiary/aromatic N) is 4. The molecule has 3 aromatic carbocycles. The fourth-order valence-corrected chi connectivity index (χ4v) is 4.83. The Labute approximate surface area is 214 Å². The van der Waals surface area contributed by atoms with E-state index in [4.69, 9.17) is 9.47 Å². The minimum absolute atomic E-state index is 0.142. The normalized spacial score (nSPS) is 16.7. The number of nitrogens with one attached hydrogen (secondary N) is 1. The molecule has 1 aliphatic rings. The van der Waals surface area contributed by atoms with Gasteiger partial charge in [0.15, 0.2) is 11.5 Å². The lowest BCUT2D eigenvalue weighted by Crippen LogP contribution is -2.44. The number of aromatic nitrogens is 3. The van der Waals surface area contributed by atoms with Crippen LogP contribution >= 0.6 is 0 Å². The maximum Gasteiger partial charge on any atom is 0.254 e. The molecule has 0 radical (unpaired) electrons. The van der Waals surface area contributed by atoms with Crippen molar-refractivity contribution in [3.05, 3.63) is 102 Å². The van der Waals surface area contributed by atoms with Crippen LogP contribution in [-0.2, 0) is 11.3 Å². The minimum atomic E-state index is -0.646. The summed E-state index contributed by atoms with van der Waals surface area (Å²) in [5.41, 5.74) is 3.66. The van der Waals surface area contributed by atoms with Crippen LogP contribution in [0.15, 0.2) is 79.4 Å². The predicted octanol–water partition coefficient (Wildman–Crippen LogP) is 3.89. The molecule has 0 spiro atoms. The van der Waals surface area contributed by atoms with E-state index in [1.54, 1.807) is 49.3 Å². The topological polar surface area (TPSA) is 98.6 Å². The predicted molar refractivity (Wildman–Crippen MR) is 138 cm³/mol. The first-order valence-corrected chi connectivity index (χ1v) is 11.8. The van der Waals surface area contributed by atoms with E-state index in [2.05, 4.69) is 15.4 Å². The van der Waals surface area contributed by atoms with Crippen LogP contribution in [0.5, 0.6) is 11.5 Å². The Balaban J connectivity index is 1.49. The van der Waals surface area contributed by atoms with Gasteiger partial charge in [-0.25, -0.2) is 9.67 Å². The van der Waals surface area contributed by atoms with Crippen LogP contribution in [0.4, 0.5) is 5.69 Å². The zero-order valence-electron chi connectivity index (χ0n) is 20.8. The van der Waals surface area contributed by atoms with Crippen LogP contribution in [0.2, 0.25) is 0 Å². The molecule has 9 heteroatoms. The summed E-state index contributed by atoms with van der Waals surface area (Å²) in [6.45, 7) is 0.582. The number of likely N-dealkylation sites (N-methyl/N-ethyl adjacent to an activating group) is 1. The molecule has 1 aromatic heterocycles. The van der Waals surface area contributed by atoms with Gasteiger partial charge in [-0.15, -0.1) is 0 Å². The Bertz CT molecular complexity index is 1420. The van der Waals surface area contributed by atoms with E-state index in [0.717, 1.165) is 11.1 Å². The number of methoxy groups -OCH3 is 2. The number of hydrogen-bond donors (Lipinski definition) is 1. The van der Waals surface area contributed by atoms with Crippen molar-refractivity contribution in [2.45, 2.75) is 18.5 Å². The van der Waals surface area contributed by atoms with Crippen molar-refractivity contribution in [2.75, 3.05) is 26.6 Å². The molecule has 4 aromatic rings. The van der Waals surface area contributed by atoms with E-state index >= 15 is 0 Å². The Kier molecular flexibility index (Phi) is 6.59. The van der Waals surface area contributed by atoms with Crippen LogP contribution in [-0.4, -0.2) is 52.7 Å². The SMILES string of the molecule is COc1ccc([C@@H]2[C@H](C(=O)Nc3ccc(Cn4cncn4)cc3)c3ccccc3C(=O)N2C)cc1OC. The van der Waals surface area contributed by atoms with Gasteiger partial charge in [-0.05, 0) is 47.0 Å². The second kappa shape index (κ2) is 10.1. The van der Waals surface area contributed by atoms with Crippen LogP contribution < -0.4 is 14.8 Å². The third-order valence-corrected chi connectivity index (χ3v) is 6.64. The molecule has 1 aliphatic heterocycles. The van der Waals surface area contributed by atoms with E-state index in [-0.39, 0.29) is 11.8 Å². The molecule has 2 heterocycles. The molecule has 5 rings (SSSR count). The Morgan fingerprint density at radius 2 is 1.76 bits per heavy atom. The van der Waals surface area contributed by atoms with E-state index in [9.17, 15) is 9.59 Å². The minimum Gasteiger partial charge on any atom is -0.493 e. The molecular formula is C28H27N5O4. The summed E-state index contributed by atoms with van der Waals surface area (Å²) in [5, 5.41) is 7.18. The van der Waals surface area contributed by atoms with Crippen molar-refractivity contribution in [1.29, 1.82) is 0 Å². The van der Waals surface area contributed by atoms with Gasteiger partial charge in [0, 0.05) is 18.3 Å². The third kappa shape index (κ3) is 4.63. The van der Waals surface area contributed by atoms with Gasteiger partial charge < -0.3 is 19.7 Å². The van der Waals surface area contributed by atoms with Crippen LogP contribution in [0.25, 0.3) is 0 Å². The lowest BCUT2D eigenvalue weighted by molar-refractivity contribution is -0.119. The first-order valence-electron chi connectivity index (χ1n) is 11.8. The largest absolute Gasteiger partial charge is 0.493 e. The summed E-state index contributed by atoms with van der Waals surface area (Å²) in [4.78, 5) is 32.7. The average Bonchev–Trinajstić information content (AvgIpc) is 3.44. The average molecular weight is 498 g/mol. The van der Waals surface area contributed by atoms with Crippen LogP contribution in [0, 0.1) is 0 Å². The fraction of sp³-hybridized carbons (Fsp3) is 0.214. The third-order valence-electron chi connectivity index (χ3n) is 6.64. The first-order chi connectivity index (χ1) is 18.0. The number of fused-ring (bicyclic) bond motifs is 1. The number of ether oxygens (including phenoxy) is 2. The zero-order chi connectivity index (χ0) is 25.9.